The predicted octanol–water partition coefficient (Wildman–Crippen LogP) is 17.1. The first-order valence-corrected chi connectivity index (χ1v) is 25.9. The summed E-state index contributed by atoms with van der Waals surface area (Å²) in [5, 5.41) is 0. The first kappa shape index (κ1) is 60.1. The minimum Gasteiger partial charge on any atom is -0.462 e. The van der Waals surface area contributed by atoms with Crippen molar-refractivity contribution in [2.75, 3.05) is 13.2 Å². The molecule has 0 aliphatic rings. The van der Waals surface area contributed by atoms with E-state index in [1.54, 1.807) is 6.08 Å². The van der Waals surface area contributed by atoms with Crippen LogP contribution in [0.2, 0.25) is 0 Å². The first-order chi connectivity index (χ1) is 31.5. The minimum atomic E-state index is -0.830. The fourth-order valence-corrected chi connectivity index (χ4v) is 6.74. The predicted molar refractivity (Wildman–Crippen MR) is 274 cm³/mol. The minimum absolute atomic E-state index is 0.0947. The van der Waals surface area contributed by atoms with Crippen LogP contribution < -0.4 is 0 Å². The Labute approximate surface area is 393 Å². The van der Waals surface area contributed by atoms with Crippen molar-refractivity contribution in [1.82, 2.24) is 0 Å². The maximum atomic E-state index is 12.7. The highest BCUT2D eigenvalue weighted by Gasteiger charge is 2.19. The van der Waals surface area contributed by atoms with Gasteiger partial charge in [-0.3, -0.25) is 14.4 Å². The summed E-state index contributed by atoms with van der Waals surface area (Å²) in [4.78, 5) is 37.7. The van der Waals surface area contributed by atoms with Gasteiger partial charge in [-0.15, -0.1) is 0 Å². The van der Waals surface area contributed by atoms with Crippen LogP contribution in [0, 0.1) is 0 Å². The van der Waals surface area contributed by atoms with E-state index in [-0.39, 0.29) is 31.6 Å². The number of esters is 3. The molecule has 0 aromatic rings. The molecular weight excluding hydrogens is 793 g/mol. The number of rotatable bonds is 45. The molecule has 0 aromatic carbocycles. The molecule has 0 rings (SSSR count). The van der Waals surface area contributed by atoms with E-state index in [0.29, 0.717) is 12.8 Å². The van der Waals surface area contributed by atoms with E-state index < -0.39 is 12.1 Å². The highest BCUT2D eigenvalue weighted by molar-refractivity contribution is 5.72. The van der Waals surface area contributed by atoms with Crippen LogP contribution in [0.4, 0.5) is 0 Å². The zero-order valence-electron chi connectivity index (χ0n) is 41.3. The summed E-state index contributed by atoms with van der Waals surface area (Å²) in [6.07, 6.45) is 69.9. The Morgan fingerprint density at radius 1 is 0.344 bits per heavy atom. The molecule has 1 atom stereocenters. The molecule has 0 aromatic heterocycles. The van der Waals surface area contributed by atoms with Gasteiger partial charge in [0, 0.05) is 12.8 Å². The Morgan fingerprint density at radius 3 is 1.03 bits per heavy atom. The first-order valence-electron chi connectivity index (χ1n) is 25.9. The third-order valence-corrected chi connectivity index (χ3v) is 10.6. The van der Waals surface area contributed by atoms with E-state index in [1.165, 1.54) is 83.5 Å². The highest BCUT2D eigenvalue weighted by Crippen LogP contribution is 2.14. The van der Waals surface area contributed by atoms with E-state index in [4.69, 9.17) is 14.2 Å². The average molecular weight is 887 g/mol. The van der Waals surface area contributed by atoms with Crippen LogP contribution in [-0.2, 0) is 28.6 Å². The molecule has 0 aliphatic heterocycles. The molecule has 0 heterocycles. The van der Waals surface area contributed by atoms with Crippen LogP contribution in [0.15, 0.2) is 109 Å². The van der Waals surface area contributed by atoms with Gasteiger partial charge in [0.05, 0.1) is 6.42 Å². The summed E-state index contributed by atoms with van der Waals surface area (Å²) in [6.45, 7) is 6.25. The van der Waals surface area contributed by atoms with E-state index >= 15 is 0 Å². The Balaban J connectivity index is 4.24. The largest absolute Gasteiger partial charge is 0.462 e. The van der Waals surface area contributed by atoms with Gasteiger partial charge in [-0.25, -0.2) is 0 Å². The van der Waals surface area contributed by atoms with Gasteiger partial charge in [-0.1, -0.05) is 226 Å². The molecule has 1 unspecified atom stereocenters. The number of hydrogen-bond donors (Lipinski definition) is 0. The molecule has 6 nitrogen and oxygen atoms in total. The molecule has 0 bridgehead atoms. The Bertz CT molecular complexity index is 1340. The summed E-state index contributed by atoms with van der Waals surface area (Å²) >= 11 is 0. The summed E-state index contributed by atoms with van der Waals surface area (Å²) in [5.41, 5.74) is 0. The van der Waals surface area contributed by atoms with Crippen LogP contribution in [0.5, 0.6) is 0 Å². The van der Waals surface area contributed by atoms with Crippen molar-refractivity contribution < 1.29 is 28.6 Å². The number of carbonyl (C=O) groups is 3. The van der Waals surface area contributed by atoms with Crippen molar-refractivity contribution in [3.63, 3.8) is 0 Å². The third-order valence-electron chi connectivity index (χ3n) is 10.6. The Kier molecular flexibility index (Phi) is 48.5. The van der Waals surface area contributed by atoms with Gasteiger partial charge >= 0.3 is 17.9 Å². The molecule has 0 aliphatic carbocycles. The Morgan fingerprint density at radius 2 is 0.656 bits per heavy atom. The van der Waals surface area contributed by atoms with Gasteiger partial charge in [0.25, 0.3) is 0 Å². The number of ether oxygens (including phenoxy) is 3. The molecule has 0 amide bonds. The zero-order valence-corrected chi connectivity index (χ0v) is 41.3. The quantitative estimate of drug-likeness (QED) is 0.0262. The van der Waals surface area contributed by atoms with E-state index in [9.17, 15) is 14.4 Å². The number of hydrogen-bond acceptors (Lipinski definition) is 6. The summed E-state index contributed by atoms with van der Waals surface area (Å²) in [7, 11) is 0. The van der Waals surface area contributed by atoms with Crippen molar-refractivity contribution in [2.45, 2.75) is 226 Å². The van der Waals surface area contributed by atoms with Crippen LogP contribution >= 0.6 is 0 Å². The zero-order chi connectivity index (χ0) is 46.5. The lowest BCUT2D eigenvalue weighted by atomic mass is 10.0. The smallest absolute Gasteiger partial charge is 0.310 e. The lowest BCUT2D eigenvalue weighted by molar-refractivity contribution is -0.166. The van der Waals surface area contributed by atoms with Crippen molar-refractivity contribution in [3.8, 4) is 0 Å². The number of allylic oxidation sites excluding steroid dienone is 17. The third kappa shape index (κ3) is 49.1. The van der Waals surface area contributed by atoms with Gasteiger partial charge in [0.15, 0.2) is 6.10 Å². The van der Waals surface area contributed by atoms with Gasteiger partial charge in [0.1, 0.15) is 13.2 Å². The average Bonchev–Trinajstić information content (AvgIpc) is 3.29. The molecule has 0 saturated heterocycles. The van der Waals surface area contributed by atoms with E-state index in [2.05, 4.69) is 118 Å². The second kappa shape index (κ2) is 51.7. The van der Waals surface area contributed by atoms with Gasteiger partial charge in [-0.2, -0.15) is 0 Å². The van der Waals surface area contributed by atoms with Gasteiger partial charge in [0.2, 0.25) is 0 Å². The lowest BCUT2D eigenvalue weighted by Crippen LogP contribution is -2.30. The van der Waals surface area contributed by atoms with Crippen molar-refractivity contribution in [3.05, 3.63) is 109 Å². The van der Waals surface area contributed by atoms with Crippen molar-refractivity contribution in [2.24, 2.45) is 0 Å². The highest BCUT2D eigenvalue weighted by atomic mass is 16.6. The van der Waals surface area contributed by atoms with Crippen molar-refractivity contribution in [1.29, 1.82) is 0 Å². The maximum absolute atomic E-state index is 12.7. The molecule has 0 fully saturated rings. The number of unbranched alkanes of at least 4 members (excludes halogenated alkanes) is 17. The SMILES string of the molecule is CC/C=C\C/C=C\C/C=C\C/C=C\C/C=C\CC(=O)OC(COC(=O)CCCCCCCC)COC(=O)CCCCCCCCCCCCCC/C=C\C/C=C\C/C=C\C/C=C\CC. The monoisotopic (exact) mass is 887 g/mol. The molecule has 362 valence electrons. The molecule has 0 radical (unpaired) electrons. The topological polar surface area (TPSA) is 78.9 Å². The fourth-order valence-electron chi connectivity index (χ4n) is 6.74. The second-order valence-corrected chi connectivity index (χ2v) is 16.7. The molecular formula is C58H94O6. The maximum Gasteiger partial charge on any atom is 0.310 e. The van der Waals surface area contributed by atoms with Crippen LogP contribution in [0.3, 0.4) is 0 Å². The van der Waals surface area contributed by atoms with Gasteiger partial charge < -0.3 is 14.2 Å². The standard InChI is InChI=1S/C58H94O6/c1-4-7-10-13-16-18-20-22-24-25-26-27-28-29-30-31-32-33-35-36-38-40-42-45-48-51-57(60)63-54-55(53-62-56(59)50-47-44-15-12-9-6-3)64-58(61)52-49-46-43-41-39-37-34-23-21-19-17-14-11-8-5-2/h7-8,10-11,16-19,22-24,26-27,34,39,41,46,49,55H,4-6,9,12-15,20-21,25,28-33,35-38,40,42-45,47-48,50-54H2,1-3H3/b10-7-,11-8-,18-16-,19-17-,24-22-,27-26-,34-23-,41-39-,49-46-. The second-order valence-electron chi connectivity index (χ2n) is 16.7. The van der Waals surface area contributed by atoms with Crippen LogP contribution in [0.1, 0.15) is 220 Å². The molecule has 0 N–H and O–H groups in total. The van der Waals surface area contributed by atoms with Crippen molar-refractivity contribution >= 4 is 17.9 Å². The normalized spacial score (nSPS) is 13.0. The molecule has 0 spiro atoms. The summed E-state index contributed by atoms with van der Waals surface area (Å²) < 4.78 is 16.6. The van der Waals surface area contributed by atoms with Crippen LogP contribution in [-0.4, -0.2) is 37.2 Å². The molecule has 0 saturated carbocycles. The summed E-state index contributed by atoms with van der Waals surface area (Å²) in [5.74, 6) is -1.07. The van der Waals surface area contributed by atoms with Gasteiger partial charge in [-0.05, 0) is 83.5 Å². The fraction of sp³-hybridized carbons (Fsp3) is 0.638. The number of carbonyl (C=O) groups excluding carboxylic acids is 3. The van der Waals surface area contributed by atoms with E-state index in [1.807, 2.05) is 6.08 Å². The molecule has 6 heteroatoms. The lowest BCUT2D eigenvalue weighted by Gasteiger charge is -2.18. The van der Waals surface area contributed by atoms with E-state index in [0.717, 1.165) is 96.3 Å². The summed E-state index contributed by atoms with van der Waals surface area (Å²) in [6, 6.07) is 0. The van der Waals surface area contributed by atoms with Crippen LogP contribution in [0.25, 0.3) is 0 Å². The Hall–Kier alpha value is -3.93. The molecule has 64 heavy (non-hydrogen) atoms.